The molecule has 2 unspecified atom stereocenters. The van der Waals surface area contributed by atoms with Crippen molar-refractivity contribution >= 4 is 23.1 Å². The fourth-order valence-corrected chi connectivity index (χ4v) is 2.96. The quantitative estimate of drug-likeness (QED) is 0.732. The Morgan fingerprint density at radius 2 is 2.06 bits per heavy atom. The predicted octanol–water partition coefficient (Wildman–Crippen LogP) is 1.46. The van der Waals surface area contributed by atoms with Crippen molar-refractivity contribution in [1.82, 2.24) is 5.32 Å². The number of carbonyl (C=O) groups excluding carboxylic acids is 1. The van der Waals surface area contributed by atoms with Crippen LogP contribution in [-0.2, 0) is 4.79 Å². The zero-order valence-corrected chi connectivity index (χ0v) is 10.8. The number of nitrogens with one attached hydrogen (secondary N) is 1. The maximum atomic E-state index is 12.1. The minimum Gasteiger partial charge on any atom is -0.392 e. The van der Waals surface area contributed by atoms with Gasteiger partial charge in [-0.1, -0.05) is 26.1 Å². The summed E-state index contributed by atoms with van der Waals surface area (Å²) in [5, 5.41) is 3.01. The van der Waals surface area contributed by atoms with Crippen LogP contribution < -0.4 is 11.1 Å². The van der Waals surface area contributed by atoms with E-state index in [9.17, 15) is 4.79 Å². The van der Waals surface area contributed by atoms with E-state index in [2.05, 4.69) is 19.2 Å². The zero-order valence-electron chi connectivity index (χ0n) is 9.95. The number of rotatable bonds is 4. The van der Waals surface area contributed by atoms with Crippen molar-refractivity contribution in [1.29, 1.82) is 0 Å². The summed E-state index contributed by atoms with van der Waals surface area (Å²) >= 11 is 5.05. The van der Waals surface area contributed by atoms with Gasteiger partial charge in [-0.2, -0.15) is 0 Å². The first-order valence-electron chi connectivity index (χ1n) is 6.04. The van der Waals surface area contributed by atoms with Crippen molar-refractivity contribution in [3.8, 4) is 0 Å². The van der Waals surface area contributed by atoms with Gasteiger partial charge in [0.2, 0.25) is 5.91 Å². The summed E-state index contributed by atoms with van der Waals surface area (Å²) in [7, 11) is 0. The van der Waals surface area contributed by atoms with E-state index in [4.69, 9.17) is 18.0 Å². The van der Waals surface area contributed by atoms with Crippen LogP contribution in [0.15, 0.2) is 0 Å². The summed E-state index contributed by atoms with van der Waals surface area (Å²) in [6, 6.07) is 0. The van der Waals surface area contributed by atoms with Gasteiger partial charge < -0.3 is 11.1 Å². The van der Waals surface area contributed by atoms with E-state index >= 15 is 0 Å². The highest BCUT2D eigenvalue weighted by Crippen LogP contribution is 2.46. The molecule has 3 N–H and O–H groups in total. The molecule has 0 heterocycles. The molecule has 16 heavy (non-hydrogen) atoms. The molecule has 2 saturated carbocycles. The normalized spacial score (nSPS) is 41.0. The van der Waals surface area contributed by atoms with E-state index in [1.807, 2.05) is 0 Å². The number of amides is 1. The van der Waals surface area contributed by atoms with E-state index in [0.717, 1.165) is 25.3 Å². The van der Waals surface area contributed by atoms with Crippen LogP contribution in [0.1, 0.15) is 33.1 Å². The van der Waals surface area contributed by atoms with Crippen LogP contribution in [0, 0.1) is 23.2 Å². The van der Waals surface area contributed by atoms with Gasteiger partial charge in [-0.05, 0) is 37.0 Å². The first kappa shape index (κ1) is 11.8. The summed E-state index contributed by atoms with van der Waals surface area (Å²) in [5.74, 6) is 2.05. The summed E-state index contributed by atoms with van der Waals surface area (Å²) in [5.41, 5.74) is 5.18. The Bertz CT molecular complexity index is 323. The Morgan fingerprint density at radius 3 is 2.44 bits per heavy atom. The average molecular weight is 240 g/mol. The largest absolute Gasteiger partial charge is 0.392 e. The molecule has 0 aromatic heterocycles. The zero-order chi connectivity index (χ0) is 11.9. The SMILES string of the molecule is CC1CC(C(=O)NCC2CC2C)(C(N)=S)C1. The lowest BCUT2D eigenvalue weighted by Crippen LogP contribution is -2.56. The van der Waals surface area contributed by atoms with Crippen molar-refractivity contribution in [2.45, 2.75) is 33.1 Å². The number of hydrogen-bond acceptors (Lipinski definition) is 2. The molecule has 3 nitrogen and oxygen atoms in total. The molecule has 90 valence electrons. The molecule has 0 spiro atoms. The van der Waals surface area contributed by atoms with Gasteiger partial charge in [0.05, 0.1) is 10.4 Å². The van der Waals surface area contributed by atoms with Crippen LogP contribution in [0.5, 0.6) is 0 Å². The fourth-order valence-electron chi connectivity index (χ4n) is 2.70. The van der Waals surface area contributed by atoms with Crippen LogP contribution in [0.2, 0.25) is 0 Å². The molecule has 4 heteroatoms. The molecule has 0 saturated heterocycles. The second-order valence-corrected chi connectivity index (χ2v) is 6.08. The first-order valence-corrected chi connectivity index (χ1v) is 6.45. The predicted molar refractivity (Wildman–Crippen MR) is 67.9 cm³/mol. The molecule has 2 atom stereocenters. The van der Waals surface area contributed by atoms with Gasteiger partial charge >= 0.3 is 0 Å². The third-order valence-corrected chi connectivity index (χ3v) is 4.49. The topological polar surface area (TPSA) is 55.1 Å². The molecule has 0 aromatic rings. The summed E-state index contributed by atoms with van der Waals surface area (Å²) in [4.78, 5) is 12.5. The smallest absolute Gasteiger partial charge is 0.233 e. The number of carbonyl (C=O) groups is 1. The molecule has 2 aliphatic rings. The highest BCUT2D eigenvalue weighted by molar-refractivity contribution is 7.80. The first-order chi connectivity index (χ1) is 7.45. The highest BCUT2D eigenvalue weighted by atomic mass is 32.1. The van der Waals surface area contributed by atoms with Crippen molar-refractivity contribution in [2.75, 3.05) is 6.54 Å². The molecule has 2 aliphatic carbocycles. The Labute approximate surface area is 102 Å². The number of nitrogens with two attached hydrogens (primary N) is 1. The molecule has 0 aromatic carbocycles. The van der Waals surface area contributed by atoms with Gasteiger partial charge in [-0.15, -0.1) is 0 Å². The van der Waals surface area contributed by atoms with Crippen molar-refractivity contribution in [2.24, 2.45) is 28.9 Å². The molecule has 0 aliphatic heterocycles. The number of hydrogen-bond donors (Lipinski definition) is 2. The second-order valence-electron chi connectivity index (χ2n) is 5.64. The third-order valence-electron chi connectivity index (χ3n) is 4.10. The summed E-state index contributed by atoms with van der Waals surface area (Å²) in [6.07, 6.45) is 2.86. The Balaban J connectivity index is 1.88. The third kappa shape index (κ3) is 1.95. The van der Waals surface area contributed by atoms with Gasteiger partial charge in [0.25, 0.3) is 0 Å². The molecular formula is C12H20N2OS. The molecule has 0 radical (unpaired) electrons. The van der Waals surface area contributed by atoms with E-state index in [1.165, 1.54) is 6.42 Å². The second kappa shape index (κ2) is 3.99. The number of thiocarbonyl (C=S) groups is 1. The molecule has 1 amide bonds. The van der Waals surface area contributed by atoms with Gasteiger partial charge in [-0.25, -0.2) is 0 Å². The van der Waals surface area contributed by atoms with Crippen molar-refractivity contribution in [3.05, 3.63) is 0 Å². The van der Waals surface area contributed by atoms with Gasteiger partial charge in [0.15, 0.2) is 0 Å². The Morgan fingerprint density at radius 1 is 1.50 bits per heavy atom. The van der Waals surface area contributed by atoms with E-state index in [0.29, 0.717) is 16.8 Å². The summed E-state index contributed by atoms with van der Waals surface area (Å²) < 4.78 is 0. The minimum absolute atomic E-state index is 0.0530. The Hall–Kier alpha value is -0.640. The fraction of sp³-hybridized carbons (Fsp3) is 0.833. The van der Waals surface area contributed by atoms with E-state index in [-0.39, 0.29) is 5.91 Å². The highest BCUT2D eigenvalue weighted by Gasteiger charge is 2.51. The molecule has 0 bridgehead atoms. The van der Waals surface area contributed by atoms with Crippen LogP contribution in [0.3, 0.4) is 0 Å². The van der Waals surface area contributed by atoms with Crippen molar-refractivity contribution < 1.29 is 4.79 Å². The van der Waals surface area contributed by atoms with Crippen molar-refractivity contribution in [3.63, 3.8) is 0 Å². The molecule has 2 rings (SSSR count). The lowest BCUT2D eigenvalue weighted by molar-refractivity contribution is -0.132. The molecule has 2 fully saturated rings. The average Bonchev–Trinajstić information content (AvgIpc) is 2.85. The van der Waals surface area contributed by atoms with Crippen LogP contribution in [0.4, 0.5) is 0 Å². The summed E-state index contributed by atoms with van der Waals surface area (Å²) in [6.45, 7) is 5.14. The minimum atomic E-state index is -0.535. The van der Waals surface area contributed by atoms with E-state index < -0.39 is 5.41 Å². The standard InChI is InChI=1S/C12H20N2OS/c1-7-4-12(5-7,10(13)16)11(15)14-6-9-3-8(9)2/h7-9H,3-6H2,1-2H3,(H2,13,16)(H,14,15). The van der Waals surface area contributed by atoms with Crippen LogP contribution >= 0.6 is 12.2 Å². The molecular weight excluding hydrogens is 220 g/mol. The van der Waals surface area contributed by atoms with Gasteiger partial charge in [-0.3, -0.25) is 4.79 Å². The monoisotopic (exact) mass is 240 g/mol. The maximum Gasteiger partial charge on any atom is 0.233 e. The van der Waals surface area contributed by atoms with Crippen LogP contribution in [0.25, 0.3) is 0 Å². The Kier molecular flexibility index (Phi) is 2.95. The lowest BCUT2D eigenvalue weighted by Gasteiger charge is -2.44. The maximum absolute atomic E-state index is 12.1. The van der Waals surface area contributed by atoms with Gasteiger partial charge in [0.1, 0.15) is 0 Å². The van der Waals surface area contributed by atoms with Crippen LogP contribution in [-0.4, -0.2) is 17.4 Å². The lowest BCUT2D eigenvalue weighted by atomic mass is 9.62. The van der Waals surface area contributed by atoms with Gasteiger partial charge in [0, 0.05) is 6.54 Å². The van der Waals surface area contributed by atoms with E-state index in [1.54, 1.807) is 0 Å².